The van der Waals surface area contributed by atoms with E-state index in [1.807, 2.05) is 24.3 Å². The van der Waals surface area contributed by atoms with Crippen molar-refractivity contribution in [1.82, 2.24) is 15.5 Å². The second-order valence-corrected chi connectivity index (χ2v) is 8.69. The Kier molecular flexibility index (Phi) is 5.36. The van der Waals surface area contributed by atoms with Gasteiger partial charge >= 0.3 is 6.03 Å². The lowest BCUT2D eigenvalue weighted by molar-refractivity contribution is -0.131. The van der Waals surface area contributed by atoms with Crippen LogP contribution in [-0.2, 0) is 21.5 Å². The standard InChI is InChI=1S/C22H21N3O5S/c1-13(26)23-10-9-15-7-8-18(31-15)16(27)12-25-20(28)22(2,24-21(25)29)19-11-14-5-3-4-6-17(14)30-19/h3-8,11H,9-10,12H2,1-2H3,(H,23,26)(H,24,29). The predicted octanol–water partition coefficient (Wildman–Crippen LogP) is 2.82. The second kappa shape index (κ2) is 7.99. The fourth-order valence-electron chi connectivity index (χ4n) is 3.48. The molecule has 9 heteroatoms. The van der Waals surface area contributed by atoms with Crippen molar-refractivity contribution in [3.05, 3.63) is 58.0 Å². The van der Waals surface area contributed by atoms with Gasteiger partial charge in [-0.05, 0) is 37.6 Å². The zero-order valence-electron chi connectivity index (χ0n) is 17.1. The van der Waals surface area contributed by atoms with E-state index < -0.39 is 17.5 Å². The van der Waals surface area contributed by atoms with Crippen LogP contribution in [0.1, 0.15) is 34.2 Å². The van der Waals surface area contributed by atoms with E-state index in [9.17, 15) is 19.2 Å². The molecule has 0 aliphatic carbocycles. The number of fused-ring (bicyclic) bond motifs is 1. The summed E-state index contributed by atoms with van der Waals surface area (Å²) in [5, 5.41) is 6.19. The summed E-state index contributed by atoms with van der Waals surface area (Å²) in [6.45, 7) is 3.14. The van der Waals surface area contributed by atoms with Gasteiger partial charge in [0.15, 0.2) is 11.3 Å². The number of Topliss-reactive ketones (excluding diaryl/α,β-unsaturated/α-hetero) is 1. The summed E-state index contributed by atoms with van der Waals surface area (Å²) >= 11 is 1.29. The molecule has 1 aliphatic rings. The zero-order chi connectivity index (χ0) is 22.2. The maximum Gasteiger partial charge on any atom is 0.325 e. The Labute approximate surface area is 182 Å². The van der Waals surface area contributed by atoms with E-state index in [4.69, 9.17) is 4.42 Å². The summed E-state index contributed by atoms with van der Waals surface area (Å²) in [6.07, 6.45) is 0.602. The minimum atomic E-state index is -1.38. The van der Waals surface area contributed by atoms with E-state index in [-0.39, 0.29) is 18.2 Å². The number of thiophene rings is 1. The fraction of sp³-hybridized carbons (Fsp3) is 0.273. The van der Waals surface area contributed by atoms with E-state index in [1.165, 1.54) is 18.3 Å². The Morgan fingerprint density at radius 3 is 2.71 bits per heavy atom. The van der Waals surface area contributed by atoms with Gasteiger partial charge in [-0.3, -0.25) is 19.3 Å². The number of para-hydroxylation sites is 1. The van der Waals surface area contributed by atoms with Gasteiger partial charge in [0, 0.05) is 23.7 Å². The van der Waals surface area contributed by atoms with Gasteiger partial charge in [-0.1, -0.05) is 18.2 Å². The van der Waals surface area contributed by atoms with Gasteiger partial charge < -0.3 is 15.1 Å². The molecule has 0 saturated carbocycles. The first-order chi connectivity index (χ1) is 14.8. The number of carbonyl (C=O) groups excluding carboxylic acids is 4. The maximum absolute atomic E-state index is 13.1. The molecule has 1 unspecified atom stereocenters. The fourth-order valence-corrected chi connectivity index (χ4v) is 4.42. The highest BCUT2D eigenvalue weighted by Gasteiger charge is 2.51. The number of nitrogens with zero attached hydrogens (tertiary/aromatic N) is 1. The molecule has 2 aromatic heterocycles. The van der Waals surface area contributed by atoms with E-state index in [1.54, 1.807) is 25.1 Å². The number of carbonyl (C=O) groups is 4. The van der Waals surface area contributed by atoms with Crippen LogP contribution in [0.3, 0.4) is 0 Å². The average Bonchev–Trinajstić information content (AvgIpc) is 3.42. The number of benzene rings is 1. The molecule has 8 nitrogen and oxygen atoms in total. The second-order valence-electron chi connectivity index (χ2n) is 7.52. The Bertz CT molecular complexity index is 1160. The summed E-state index contributed by atoms with van der Waals surface area (Å²) in [5.41, 5.74) is -0.768. The zero-order valence-corrected chi connectivity index (χ0v) is 17.9. The van der Waals surface area contributed by atoms with Crippen molar-refractivity contribution in [3.63, 3.8) is 0 Å². The van der Waals surface area contributed by atoms with Crippen LogP contribution in [0.2, 0.25) is 0 Å². The Morgan fingerprint density at radius 2 is 1.97 bits per heavy atom. The van der Waals surface area contributed by atoms with Gasteiger partial charge in [0.1, 0.15) is 11.3 Å². The lowest BCUT2D eigenvalue weighted by Gasteiger charge is -2.18. The first kappa shape index (κ1) is 20.8. The molecule has 1 saturated heterocycles. The quantitative estimate of drug-likeness (QED) is 0.435. The van der Waals surface area contributed by atoms with Crippen LogP contribution in [0.4, 0.5) is 4.79 Å². The van der Waals surface area contributed by atoms with Crippen LogP contribution in [-0.4, -0.2) is 41.6 Å². The molecule has 3 aromatic rings. The number of furan rings is 1. The lowest BCUT2D eigenvalue weighted by Crippen LogP contribution is -2.41. The maximum atomic E-state index is 13.1. The van der Waals surface area contributed by atoms with E-state index in [2.05, 4.69) is 10.6 Å². The number of urea groups is 1. The molecule has 1 fully saturated rings. The third-order valence-corrected chi connectivity index (χ3v) is 6.36. The van der Waals surface area contributed by atoms with Crippen LogP contribution in [0.25, 0.3) is 11.0 Å². The molecule has 1 atom stereocenters. The van der Waals surface area contributed by atoms with Gasteiger partial charge in [-0.25, -0.2) is 4.79 Å². The third-order valence-electron chi connectivity index (χ3n) is 5.18. The third kappa shape index (κ3) is 3.96. The Balaban J connectivity index is 1.47. The molecule has 4 amide bonds. The highest BCUT2D eigenvalue weighted by molar-refractivity contribution is 7.14. The van der Waals surface area contributed by atoms with Gasteiger partial charge in [0.05, 0.1) is 11.4 Å². The minimum Gasteiger partial charge on any atom is -0.458 e. The Morgan fingerprint density at radius 1 is 1.19 bits per heavy atom. The van der Waals surface area contributed by atoms with Crippen molar-refractivity contribution in [3.8, 4) is 0 Å². The minimum absolute atomic E-state index is 0.112. The van der Waals surface area contributed by atoms with Crippen LogP contribution in [0.15, 0.2) is 46.9 Å². The van der Waals surface area contributed by atoms with Crippen molar-refractivity contribution in [1.29, 1.82) is 0 Å². The number of hydrogen-bond acceptors (Lipinski definition) is 6. The van der Waals surface area contributed by atoms with Crippen molar-refractivity contribution in [2.24, 2.45) is 0 Å². The molecule has 160 valence electrons. The smallest absolute Gasteiger partial charge is 0.325 e. The van der Waals surface area contributed by atoms with Crippen molar-refractivity contribution < 1.29 is 23.6 Å². The molecular formula is C22H21N3O5S. The summed E-state index contributed by atoms with van der Waals surface area (Å²) in [6, 6.07) is 11.9. The molecular weight excluding hydrogens is 418 g/mol. The number of hydrogen-bond donors (Lipinski definition) is 2. The number of amides is 4. The molecule has 0 bridgehead atoms. The molecule has 4 rings (SSSR count). The summed E-state index contributed by atoms with van der Waals surface area (Å²) in [4.78, 5) is 51.6. The summed E-state index contributed by atoms with van der Waals surface area (Å²) in [7, 11) is 0. The van der Waals surface area contributed by atoms with Gasteiger partial charge in [-0.15, -0.1) is 11.3 Å². The SMILES string of the molecule is CC(=O)NCCc1ccc(C(=O)CN2C(=O)NC(C)(c3cc4ccccc4o3)C2=O)s1. The first-order valence-corrected chi connectivity index (χ1v) is 10.6. The summed E-state index contributed by atoms with van der Waals surface area (Å²) < 4.78 is 5.79. The topological polar surface area (TPSA) is 109 Å². The highest BCUT2D eigenvalue weighted by Crippen LogP contribution is 2.33. The molecule has 1 aliphatic heterocycles. The van der Waals surface area contributed by atoms with Gasteiger partial charge in [0.25, 0.3) is 5.91 Å². The first-order valence-electron chi connectivity index (χ1n) is 9.77. The molecule has 0 spiro atoms. The number of ketones is 1. The number of nitrogens with one attached hydrogen (secondary N) is 2. The van der Waals surface area contributed by atoms with Crippen molar-refractivity contribution in [2.45, 2.75) is 25.8 Å². The van der Waals surface area contributed by atoms with Crippen molar-refractivity contribution in [2.75, 3.05) is 13.1 Å². The normalized spacial score (nSPS) is 18.5. The van der Waals surface area contributed by atoms with Crippen molar-refractivity contribution >= 4 is 45.9 Å². The number of imide groups is 1. The molecule has 3 heterocycles. The van der Waals surface area contributed by atoms with Crippen LogP contribution >= 0.6 is 11.3 Å². The average molecular weight is 439 g/mol. The van der Waals surface area contributed by atoms with Gasteiger partial charge in [-0.2, -0.15) is 0 Å². The largest absolute Gasteiger partial charge is 0.458 e. The summed E-state index contributed by atoms with van der Waals surface area (Å²) in [5.74, 6) is -0.655. The van der Waals surface area contributed by atoms with Gasteiger partial charge in [0.2, 0.25) is 5.91 Å². The molecule has 2 N–H and O–H groups in total. The lowest BCUT2D eigenvalue weighted by atomic mass is 9.99. The predicted molar refractivity (Wildman–Crippen MR) is 115 cm³/mol. The molecule has 1 aromatic carbocycles. The molecule has 31 heavy (non-hydrogen) atoms. The van der Waals surface area contributed by atoms with Crippen LogP contribution < -0.4 is 10.6 Å². The van der Waals surface area contributed by atoms with E-state index in [0.717, 1.165) is 15.2 Å². The number of rotatable bonds is 7. The Hall–Kier alpha value is -3.46. The van der Waals surface area contributed by atoms with Crippen LogP contribution in [0, 0.1) is 0 Å². The van der Waals surface area contributed by atoms with E-state index >= 15 is 0 Å². The monoisotopic (exact) mass is 439 g/mol. The molecule has 0 radical (unpaired) electrons. The highest BCUT2D eigenvalue weighted by atomic mass is 32.1. The van der Waals surface area contributed by atoms with E-state index in [0.29, 0.717) is 29.2 Å². The van der Waals surface area contributed by atoms with Crippen LogP contribution in [0.5, 0.6) is 0 Å².